The van der Waals surface area contributed by atoms with Crippen LogP contribution in [-0.2, 0) is 47.9 Å². The SMILES string of the molecule is CC(C)C[C@@H](NC(=O)[C@@H](Cc1ccccc1)NC(=O)[C@@H](Cc1ccccc1)NC(=O)OC(C)(C)C)C(=O)N[C@H](CCCCNC(=O)OC(C)(C)C)C(=O)N1CC2(CCN(C(=O)O)CC2)C1Cc1ccccc1. The van der Waals surface area contributed by atoms with Crippen LogP contribution in [0, 0.1) is 11.3 Å². The summed E-state index contributed by atoms with van der Waals surface area (Å²) < 4.78 is 10.9. The van der Waals surface area contributed by atoms with Crippen molar-refractivity contribution >= 4 is 41.9 Å². The maximum absolute atomic E-state index is 15.0. The first kappa shape index (κ1) is 56.3. The van der Waals surface area contributed by atoms with E-state index in [2.05, 4.69) is 26.6 Å². The molecule has 6 N–H and O–H groups in total. The third kappa shape index (κ3) is 17.6. The highest BCUT2D eigenvalue weighted by molar-refractivity contribution is 5.95. The van der Waals surface area contributed by atoms with Gasteiger partial charge in [0.25, 0.3) is 0 Å². The summed E-state index contributed by atoms with van der Waals surface area (Å²) in [6, 6.07) is 23.3. The summed E-state index contributed by atoms with van der Waals surface area (Å²) in [5.74, 6) is -2.23. The Morgan fingerprint density at radius 2 is 1.08 bits per heavy atom. The number of rotatable bonds is 21. The summed E-state index contributed by atoms with van der Waals surface area (Å²) in [5, 5.41) is 24.0. The molecular formula is C55H77N7O10. The van der Waals surface area contributed by atoms with E-state index in [-0.39, 0.29) is 55.5 Å². The van der Waals surface area contributed by atoms with Crippen molar-refractivity contribution in [3.8, 4) is 0 Å². The van der Waals surface area contributed by atoms with Gasteiger partial charge in [0.1, 0.15) is 35.4 Å². The fraction of sp³-hybridized carbons (Fsp3) is 0.545. The van der Waals surface area contributed by atoms with Crippen molar-refractivity contribution in [3.63, 3.8) is 0 Å². The standard InChI is InChI=1S/C55H77N7O10/c1-37(2)32-42(58-47(64)43(33-38-20-12-9-13-21-38)59-48(65)44(34-39-22-14-10-15-23-39)60-51(68)72-54(6,7)8)46(63)57-41(26-18-19-29-56-50(67)71-53(3,4)5)49(66)62-36-55(27-30-61(31-28-55)52(69)70)45(62)35-40-24-16-11-17-25-40/h9-17,20-25,37,41-45H,18-19,26-36H2,1-8H3,(H,56,67)(H,57,63)(H,58,64)(H,59,65)(H,60,68)(H,69,70)/t41-,42-,43-,44-,45?/m1/s1. The number of hydrogen-bond acceptors (Lipinski definition) is 9. The van der Waals surface area contributed by atoms with E-state index in [9.17, 15) is 38.7 Å². The van der Waals surface area contributed by atoms with Gasteiger partial charge in [-0.1, -0.05) is 105 Å². The number of carbonyl (C=O) groups excluding carboxylic acids is 6. The molecule has 0 bridgehead atoms. The molecule has 392 valence electrons. The molecule has 5 atom stereocenters. The monoisotopic (exact) mass is 996 g/mol. The fourth-order valence-electron chi connectivity index (χ4n) is 9.33. The van der Waals surface area contributed by atoms with Crippen LogP contribution in [0.3, 0.4) is 0 Å². The molecule has 0 aromatic heterocycles. The smallest absolute Gasteiger partial charge is 0.408 e. The number of piperidine rings is 1. The Balaban J connectivity index is 1.39. The van der Waals surface area contributed by atoms with Crippen LogP contribution in [0.2, 0.25) is 0 Å². The molecule has 2 fully saturated rings. The molecule has 7 amide bonds. The predicted molar refractivity (Wildman–Crippen MR) is 274 cm³/mol. The minimum absolute atomic E-state index is 0.0567. The third-order valence-corrected chi connectivity index (χ3v) is 12.9. The van der Waals surface area contributed by atoms with Crippen molar-refractivity contribution in [2.24, 2.45) is 11.3 Å². The molecule has 0 aliphatic carbocycles. The van der Waals surface area contributed by atoms with E-state index in [4.69, 9.17) is 9.47 Å². The zero-order chi connectivity index (χ0) is 52.6. The number of unbranched alkanes of at least 4 members (excludes halogenated alkanes) is 1. The Morgan fingerprint density at radius 1 is 0.625 bits per heavy atom. The first-order valence-corrected chi connectivity index (χ1v) is 25.3. The summed E-state index contributed by atoms with van der Waals surface area (Å²) in [5.41, 5.74) is 0.680. The molecule has 3 aromatic rings. The molecule has 2 heterocycles. The number of nitrogens with one attached hydrogen (secondary N) is 5. The summed E-state index contributed by atoms with van der Waals surface area (Å²) in [6.45, 7) is 15.7. The highest BCUT2D eigenvalue weighted by Crippen LogP contribution is 2.48. The van der Waals surface area contributed by atoms with Gasteiger partial charge >= 0.3 is 18.3 Å². The van der Waals surface area contributed by atoms with Crippen molar-refractivity contribution in [3.05, 3.63) is 108 Å². The first-order valence-electron chi connectivity index (χ1n) is 25.3. The Bertz CT molecular complexity index is 2280. The van der Waals surface area contributed by atoms with Crippen LogP contribution in [-0.4, -0.2) is 124 Å². The number of alkyl carbamates (subject to hydrolysis) is 2. The lowest BCUT2D eigenvalue weighted by molar-refractivity contribution is -0.164. The minimum Gasteiger partial charge on any atom is -0.465 e. The van der Waals surface area contributed by atoms with Crippen molar-refractivity contribution in [1.29, 1.82) is 0 Å². The first-order chi connectivity index (χ1) is 34.0. The lowest BCUT2D eigenvalue weighted by Gasteiger charge is -2.61. The molecule has 0 saturated carbocycles. The Labute approximate surface area is 424 Å². The summed E-state index contributed by atoms with van der Waals surface area (Å²) in [4.78, 5) is 99.2. The minimum atomic E-state index is -1.19. The number of benzene rings is 3. The largest absolute Gasteiger partial charge is 0.465 e. The lowest BCUT2D eigenvalue weighted by atomic mass is 9.63. The molecule has 5 rings (SSSR count). The third-order valence-electron chi connectivity index (χ3n) is 12.9. The van der Waals surface area contributed by atoms with E-state index < -0.39 is 71.4 Å². The zero-order valence-corrected chi connectivity index (χ0v) is 43.3. The second-order valence-electron chi connectivity index (χ2n) is 21.6. The molecule has 0 radical (unpaired) electrons. The fourth-order valence-corrected chi connectivity index (χ4v) is 9.33. The average Bonchev–Trinajstić information content (AvgIpc) is 3.31. The number of nitrogens with zero attached hydrogens (tertiary/aromatic N) is 2. The Morgan fingerprint density at radius 3 is 1.58 bits per heavy atom. The van der Waals surface area contributed by atoms with Crippen molar-refractivity contribution in [2.45, 2.75) is 155 Å². The van der Waals surface area contributed by atoms with E-state index in [1.54, 1.807) is 41.5 Å². The van der Waals surface area contributed by atoms with Crippen LogP contribution in [0.25, 0.3) is 0 Å². The van der Waals surface area contributed by atoms with Crippen LogP contribution in [0.1, 0.15) is 111 Å². The highest BCUT2D eigenvalue weighted by Gasteiger charge is 2.56. The van der Waals surface area contributed by atoms with Gasteiger partial charge in [-0.15, -0.1) is 0 Å². The second-order valence-corrected chi connectivity index (χ2v) is 21.6. The van der Waals surface area contributed by atoms with Gasteiger partial charge in [-0.05, 0) is 109 Å². The van der Waals surface area contributed by atoms with Crippen LogP contribution >= 0.6 is 0 Å². The van der Waals surface area contributed by atoms with Gasteiger partial charge in [-0.2, -0.15) is 0 Å². The summed E-state index contributed by atoms with van der Waals surface area (Å²) in [6.07, 6.45) is 0.862. The maximum atomic E-state index is 15.0. The molecule has 1 unspecified atom stereocenters. The van der Waals surface area contributed by atoms with Gasteiger partial charge in [-0.3, -0.25) is 19.2 Å². The van der Waals surface area contributed by atoms with E-state index in [1.165, 1.54) is 4.90 Å². The molecule has 3 aromatic carbocycles. The summed E-state index contributed by atoms with van der Waals surface area (Å²) >= 11 is 0. The van der Waals surface area contributed by atoms with Gasteiger partial charge in [0.15, 0.2) is 0 Å². The van der Waals surface area contributed by atoms with Crippen molar-refractivity contribution < 1.29 is 48.1 Å². The molecule has 17 nitrogen and oxygen atoms in total. The normalized spacial score (nSPS) is 17.0. The van der Waals surface area contributed by atoms with Gasteiger partial charge in [-0.25, -0.2) is 14.4 Å². The summed E-state index contributed by atoms with van der Waals surface area (Å²) in [7, 11) is 0. The van der Waals surface area contributed by atoms with Crippen molar-refractivity contribution in [2.75, 3.05) is 26.2 Å². The molecule has 2 aliphatic heterocycles. The molecule has 2 aliphatic rings. The molecule has 2 saturated heterocycles. The van der Waals surface area contributed by atoms with Gasteiger partial charge in [0.05, 0.1) is 0 Å². The Kier molecular flexibility index (Phi) is 20.0. The molecule has 1 spiro atoms. The lowest BCUT2D eigenvalue weighted by Crippen LogP contribution is -2.72. The number of carbonyl (C=O) groups is 7. The van der Waals surface area contributed by atoms with E-state index in [0.717, 1.165) is 16.7 Å². The topological polar surface area (TPSA) is 225 Å². The number of carboxylic acid groups (broad SMARTS) is 1. The second kappa shape index (κ2) is 25.6. The number of hydrogen-bond donors (Lipinski definition) is 6. The molecule has 72 heavy (non-hydrogen) atoms. The number of likely N-dealkylation sites (tertiary alicyclic amines) is 2. The van der Waals surface area contributed by atoms with Crippen LogP contribution in [0.4, 0.5) is 14.4 Å². The predicted octanol–water partition coefficient (Wildman–Crippen LogP) is 6.77. The highest BCUT2D eigenvalue weighted by atomic mass is 16.6. The zero-order valence-electron chi connectivity index (χ0n) is 43.3. The van der Waals surface area contributed by atoms with Gasteiger partial charge < -0.3 is 51.0 Å². The van der Waals surface area contributed by atoms with Crippen LogP contribution in [0.15, 0.2) is 91.0 Å². The van der Waals surface area contributed by atoms with Crippen molar-refractivity contribution in [1.82, 2.24) is 36.4 Å². The van der Waals surface area contributed by atoms with Crippen LogP contribution < -0.4 is 26.6 Å². The maximum Gasteiger partial charge on any atom is 0.408 e. The molecule has 17 heteroatoms. The van der Waals surface area contributed by atoms with E-state index in [1.807, 2.05) is 110 Å². The van der Waals surface area contributed by atoms with E-state index >= 15 is 0 Å². The quantitative estimate of drug-likeness (QED) is 0.0614. The van der Waals surface area contributed by atoms with Gasteiger partial charge in [0, 0.05) is 50.5 Å². The average molecular weight is 996 g/mol. The van der Waals surface area contributed by atoms with Gasteiger partial charge in [0.2, 0.25) is 23.6 Å². The number of ether oxygens (including phenoxy) is 2. The number of amides is 7. The van der Waals surface area contributed by atoms with E-state index in [0.29, 0.717) is 51.7 Å². The molecular weight excluding hydrogens is 919 g/mol. The van der Waals surface area contributed by atoms with Crippen LogP contribution in [0.5, 0.6) is 0 Å². The Hall–Kier alpha value is -6.65.